The molecule has 2 aromatic carbocycles. The number of benzene rings is 2. The Kier molecular flexibility index (Phi) is 4.12. The Morgan fingerprint density at radius 3 is 2.26 bits per heavy atom. The van der Waals surface area contributed by atoms with E-state index in [9.17, 15) is 13.2 Å². The standard InChI is InChI=1S/C14H11ClF3N/c15-10-5-8(1-3-11(10)16)6-14(19)9-2-4-12(17)13(18)7-9/h1-5,7,14H,6,19H2. The quantitative estimate of drug-likeness (QED) is 0.906. The smallest absolute Gasteiger partial charge is 0.159 e. The number of hydrogen-bond acceptors (Lipinski definition) is 1. The third-order valence-corrected chi connectivity index (χ3v) is 3.10. The molecule has 0 aliphatic carbocycles. The summed E-state index contributed by atoms with van der Waals surface area (Å²) in [7, 11) is 0. The van der Waals surface area contributed by atoms with E-state index < -0.39 is 23.5 Å². The fraction of sp³-hybridized carbons (Fsp3) is 0.143. The van der Waals surface area contributed by atoms with E-state index in [2.05, 4.69) is 0 Å². The molecule has 0 aliphatic heterocycles. The van der Waals surface area contributed by atoms with Crippen LogP contribution in [0, 0.1) is 17.5 Å². The van der Waals surface area contributed by atoms with Crippen molar-refractivity contribution in [2.75, 3.05) is 0 Å². The number of halogens is 4. The van der Waals surface area contributed by atoms with Crippen molar-refractivity contribution < 1.29 is 13.2 Å². The van der Waals surface area contributed by atoms with E-state index in [1.165, 1.54) is 18.2 Å². The zero-order valence-electron chi connectivity index (χ0n) is 9.84. The van der Waals surface area contributed by atoms with Gasteiger partial charge in [0, 0.05) is 6.04 Å². The molecule has 0 bridgehead atoms. The van der Waals surface area contributed by atoms with Gasteiger partial charge in [-0.25, -0.2) is 13.2 Å². The summed E-state index contributed by atoms with van der Waals surface area (Å²) in [5, 5.41) is 0.00925. The number of nitrogens with two attached hydrogens (primary N) is 1. The zero-order valence-corrected chi connectivity index (χ0v) is 10.6. The van der Waals surface area contributed by atoms with Crippen molar-refractivity contribution in [1.29, 1.82) is 0 Å². The van der Waals surface area contributed by atoms with Crippen LogP contribution in [0.5, 0.6) is 0 Å². The van der Waals surface area contributed by atoms with E-state index >= 15 is 0 Å². The van der Waals surface area contributed by atoms with E-state index in [0.29, 0.717) is 12.0 Å². The molecule has 1 nitrogen and oxygen atoms in total. The van der Waals surface area contributed by atoms with E-state index in [1.807, 2.05) is 0 Å². The van der Waals surface area contributed by atoms with Crippen LogP contribution in [0.3, 0.4) is 0 Å². The maximum atomic E-state index is 13.1. The molecule has 0 aromatic heterocycles. The largest absolute Gasteiger partial charge is 0.324 e. The summed E-state index contributed by atoms with van der Waals surface area (Å²) in [4.78, 5) is 0. The highest BCUT2D eigenvalue weighted by Gasteiger charge is 2.11. The predicted octanol–water partition coefficient (Wildman–Crippen LogP) is 4.00. The highest BCUT2D eigenvalue weighted by molar-refractivity contribution is 6.30. The summed E-state index contributed by atoms with van der Waals surface area (Å²) in [6.45, 7) is 0. The van der Waals surface area contributed by atoms with Gasteiger partial charge in [0.2, 0.25) is 0 Å². The van der Waals surface area contributed by atoms with Gasteiger partial charge >= 0.3 is 0 Å². The van der Waals surface area contributed by atoms with Gasteiger partial charge < -0.3 is 5.73 Å². The highest BCUT2D eigenvalue weighted by Crippen LogP contribution is 2.22. The Bertz CT molecular complexity index is 601. The van der Waals surface area contributed by atoms with Crippen molar-refractivity contribution in [2.24, 2.45) is 5.73 Å². The normalized spacial score (nSPS) is 12.5. The van der Waals surface area contributed by atoms with E-state index in [0.717, 1.165) is 17.7 Å². The molecule has 0 spiro atoms. The molecule has 0 saturated heterocycles. The first-order chi connectivity index (χ1) is 8.97. The molecule has 1 unspecified atom stereocenters. The van der Waals surface area contributed by atoms with Gasteiger partial charge in [0.1, 0.15) is 5.82 Å². The summed E-state index contributed by atoms with van der Waals surface area (Å²) in [5.41, 5.74) is 7.11. The maximum Gasteiger partial charge on any atom is 0.159 e. The second-order valence-electron chi connectivity index (χ2n) is 4.23. The van der Waals surface area contributed by atoms with E-state index in [-0.39, 0.29) is 5.02 Å². The minimum atomic E-state index is -0.940. The first-order valence-corrected chi connectivity index (χ1v) is 5.99. The lowest BCUT2D eigenvalue weighted by molar-refractivity contribution is 0.505. The molecular formula is C14H11ClF3N. The van der Waals surface area contributed by atoms with Gasteiger partial charge in [-0.2, -0.15) is 0 Å². The van der Waals surface area contributed by atoms with Gasteiger partial charge in [0.05, 0.1) is 5.02 Å². The van der Waals surface area contributed by atoms with Gasteiger partial charge in [-0.1, -0.05) is 23.7 Å². The van der Waals surface area contributed by atoms with Crippen LogP contribution in [0.4, 0.5) is 13.2 Å². The lowest BCUT2D eigenvalue weighted by Crippen LogP contribution is -2.14. The molecule has 0 aliphatic rings. The van der Waals surface area contributed by atoms with Crippen LogP contribution in [0.2, 0.25) is 5.02 Å². The van der Waals surface area contributed by atoms with Crippen LogP contribution in [-0.2, 0) is 6.42 Å². The second-order valence-corrected chi connectivity index (χ2v) is 4.64. The molecule has 0 heterocycles. The van der Waals surface area contributed by atoms with E-state index in [4.69, 9.17) is 17.3 Å². The number of hydrogen-bond donors (Lipinski definition) is 1. The van der Waals surface area contributed by atoms with Crippen molar-refractivity contribution in [3.8, 4) is 0 Å². The van der Waals surface area contributed by atoms with Crippen LogP contribution in [0.1, 0.15) is 17.2 Å². The molecule has 1 atom stereocenters. The average molecular weight is 286 g/mol. The van der Waals surface area contributed by atoms with Gasteiger partial charge in [-0.05, 0) is 41.8 Å². The minimum absolute atomic E-state index is 0.00925. The Labute approximate surface area is 113 Å². The zero-order chi connectivity index (χ0) is 14.0. The molecule has 0 saturated carbocycles. The van der Waals surface area contributed by atoms with Crippen molar-refractivity contribution in [2.45, 2.75) is 12.5 Å². The summed E-state index contributed by atoms with van der Waals surface area (Å²) in [6.07, 6.45) is 0.352. The van der Waals surface area contributed by atoms with Crippen molar-refractivity contribution >= 4 is 11.6 Å². The maximum absolute atomic E-state index is 13.1. The molecule has 2 rings (SSSR count). The topological polar surface area (TPSA) is 26.0 Å². The molecule has 0 fully saturated rings. The first-order valence-electron chi connectivity index (χ1n) is 5.62. The fourth-order valence-electron chi connectivity index (χ4n) is 1.78. The van der Waals surface area contributed by atoms with Crippen LogP contribution >= 0.6 is 11.6 Å². The Morgan fingerprint density at radius 1 is 0.947 bits per heavy atom. The Hall–Kier alpha value is -1.52. The highest BCUT2D eigenvalue weighted by atomic mass is 35.5. The molecular weight excluding hydrogens is 275 g/mol. The SMILES string of the molecule is NC(Cc1ccc(F)c(Cl)c1)c1ccc(F)c(F)c1. The molecule has 100 valence electrons. The van der Waals surface area contributed by atoms with E-state index in [1.54, 1.807) is 6.07 Å². The predicted molar refractivity (Wildman–Crippen MR) is 68.4 cm³/mol. The van der Waals surface area contributed by atoms with Crippen LogP contribution < -0.4 is 5.73 Å². The second kappa shape index (κ2) is 5.63. The third-order valence-electron chi connectivity index (χ3n) is 2.81. The molecule has 5 heteroatoms. The lowest BCUT2D eigenvalue weighted by Gasteiger charge is -2.13. The average Bonchev–Trinajstić information content (AvgIpc) is 2.37. The first kappa shape index (κ1) is 13.9. The lowest BCUT2D eigenvalue weighted by atomic mass is 9.99. The van der Waals surface area contributed by atoms with Crippen LogP contribution in [-0.4, -0.2) is 0 Å². The van der Waals surface area contributed by atoms with Crippen LogP contribution in [0.25, 0.3) is 0 Å². The molecule has 0 amide bonds. The van der Waals surface area contributed by atoms with Gasteiger partial charge in [-0.3, -0.25) is 0 Å². The summed E-state index contributed by atoms with van der Waals surface area (Å²) < 4.78 is 38.9. The van der Waals surface area contributed by atoms with Crippen molar-refractivity contribution in [1.82, 2.24) is 0 Å². The van der Waals surface area contributed by atoms with Crippen molar-refractivity contribution in [3.63, 3.8) is 0 Å². The van der Waals surface area contributed by atoms with Crippen LogP contribution in [0.15, 0.2) is 36.4 Å². The fourth-order valence-corrected chi connectivity index (χ4v) is 1.98. The molecule has 2 aromatic rings. The number of rotatable bonds is 3. The minimum Gasteiger partial charge on any atom is -0.324 e. The van der Waals surface area contributed by atoms with Gasteiger partial charge in [0.25, 0.3) is 0 Å². The monoisotopic (exact) mass is 285 g/mol. The third kappa shape index (κ3) is 3.28. The summed E-state index contributed by atoms with van der Waals surface area (Å²) in [5.74, 6) is -2.36. The summed E-state index contributed by atoms with van der Waals surface area (Å²) >= 11 is 5.66. The Balaban J connectivity index is 2.17. The van der Waals surface area contributed by atoms with Gasteiger partial charge in [0.15, 0.2) is 11.6 Å². The Morgan fingerprint density at radius 2 is 1.63 bits per heavy atom. The molecule has 0 radical (unpaired) electrons. The summed E-state index contributed by atoms with van der Waals surface area (Å²) in [6, 6.07) is 7.27. The van der Waals surface area contributed by atoms with Crippen molar-refractivity contribution in [3.05, 3.63) is 70.0 Å². The van der Waals surface area contributed by atoms with Gasteiger partial charge in [-0.15, -0.1) is 0 Å². The molecule has 19 heavy (non-hydrogen) atoms. The molecule has 2 N–H and O–H groups in total.